The summed E-state index contributed by atoms with van der Waals surface area (Å²) in [6, 6.07) is 11.3. The molecule has 0 fully saturated rings. The van der Waals surface area contributed by atoms with Crippen LogP contribution >= 0.6 is 11.3 Å². The molecule has 4 rings (SSSR count). The number of rotatable bonds is 5. The lowest BCUT2D eigenvalue weighted by atomic mass is 10.1. The van der Waals surface area contributed by atoms with E-state index in [1.54, 1.807) is 23.7 Å². The summed E-state index contributed by atoms with van der Waals surface area (Å²) in [7, 11) is 0. The number of nitrogens with zero attached hydrogens (tertiary/aromatic N) is 4. The van der Waals surface area contributed by atoms with Gasteiger partial charge in [0.15, 0.2) is 5.65 Å². The van der Waals surface area contributed by atoms with Crippen molar-refractivity contribution in [3.05, 3.63) is 65.4 Å². The Balaban J connectivity index is 1.75. The summed E-state index contributed by atoms with van der Waals surface area (Å²) in [5, 5.41) is 10.2. The zero-order chi connectivity index (χ0) is 18.8. The van der Waals surface area contributed by atoms with Crippen LogP contribution in [0, 0.1) is 0 Å². The van der Waals surface area contributed by atoms with Crippen LogP contribution in [0.15, 0.2) is 54.2 Å². The molecule has 0 saturated heterocycles. The molecule has 1 amide bonds. The summed E-state index contributed by atoms with van der Waals surface area (Å²) in [5.74, 6) is -0.158. The van der Waals surface area contributed by atoms with E-state index in [2.05, 4.69) is 15.4 Å². The Labute approximate surface area is 160 Å². The van der Waals surface area contributed by atoms with Crippen LogP contribution in [-0.2, 0) is 6.54 Å². The summed E-state index contributed by atoms with van der Waals surface area (Å²) in [4.78, 5) is 23.2. The van der Waals surface area contributed by atoms with E-state index in [9.17, 15) is 4.79 Å². The zero-order valence-electron chi connectivity index (χ0n) is 15.1. The van der Waals surface area contributed by atoms with Crippen LogP contribution in [0.2, 0.25) is 0 Å². The third kappa shape index (κ3) is 3.33. The van der Waals surface area contributed by atoms with E-state index < -0.39 is 0 Å². The van der Waals surface area contributed by atoms with Gasteiger partial charge in [-0.15, -0.1) is 11.3 Å². The number of nitrogens with one attached hydrogen (secondary N) is 1. The number of hydrogen-bond acceptors (Lipinski definition) is 5. The van der Waals surface area contributed by atoms with E-state index in [4.69, 9.17) is 4.98 Å². The van der Waals surface area contributed by atoms with Gasteiger partial charge in [-0.25, -0.2) is 9.67 Å². The van der Waals surface area contributed by atoms with Crippen molar-refractivity contribution in [3.63, 3.8) is 0 Å². The molecule has 0 aliphatic rings. The Morgan fingerprint density at radius 3 is 2.89 bits per heavy atom. The molecule has 0 saturated carbocycles. The van der Waals surface area contributed by atoms with E-state index >= 15 is 0 Å². The molecule has 0 spiro atoms. The number of amides is 1. The predicted molar refractivity (Wildman–Crippen MR) is 107 cm³/mol. The van der Waals surface area contributed by atoms with E-state index in [0.29, 0.717) is 12.1 Å². The Bertz CT molecular complexity index is 1070. The maximum absolute atomic E-state index is 13.1. The molecule has 0 unspecified atom stereocenters. The standard InChI is InChI=1S/C20H19N5OS/c1-3-25-19-15(12-22-25)14(11-17(24-19)18-8-6-10-27-18)20(26)23-13(2)16-7-4-5-9-21-16/h4-13H,3H2,1-2H3,(H,23,26)/t13-/m0/s1. The maximum Gasteiger partial charge on any atom is 0.252 e. The first-order chi connectivity index (χ1) is 13.2. The molecule has 6 nitrogen and oxygen atoms in total. The van der Waals surface area contributed by atoms with E-state index in [-0.39, 0.29) is 11.9 Å². The Morgan fingerprint density at radius 2 is 2.19 bits per heavy atom. The minimum absolute atomic E-state index is 0.158. The van der Waals surface area contributed by atoms with Gasteiger partial charge in [0.05, 0.1) is 39.5 Å². The van der Waals surface area contributed by atoms with Crippen LogP contribution in [0.25, 0.3) is 21.6 Å². The summed E-state index contributed by atoms with van der Waals surface area (Å²) in [6.45, 7) is 4.62. The average Bonchev–Trinajstić information content (AvgIpc) is 3.37. The molecule has 4 heterocycles. The van der Waals surface area contributed by atoms with Gasteiger partial charge in [-0.05, 0) is 43.5 Å². The van der Waals surface area contributed by atoms with E-state index in [1.807, 2.05) is 60.3 Å². The lowest BCUT2D eigenvalue weighted by molar-refractivity contribution is 0.0940. The van der Waals surface area contributed by atoms with Gasteiger partial charge in [0.1, 0.15) is 0 Å². The molecule has 136 valence electrons. The van der Waals surface area contributed by atoms with Crippen molar-refractivity contribution in [2.75, 3.05) is 0 Å². The highest BCUT2D eigenvalue weighted by atomic mass is 32.1. The molecule has 0 aliphatic heterocycles. The Kier molecular flexibility index (Phi) is 4.68. The second-order valence-electron chi connectivity index (χ2n) is 6.18. The summed E-state index contributed by atoms with van der Waals surface area (Å²) < 4.78 is 1.81. The smallest absolute Gasteiger partial charge is 0.252 e. The topological polar surface area (TPSA) is 72.7 Å². The first-order valence-electron chi connectivity index (χ1n) is 8.79. The molecule has 0 aliphatic carbocycles. The number of hydrogen-bond donors (Lipinski definition) is 1. The first kappa shape index (κ1) is 17.4. The maximum atomic E-state index is 13.1. The Morgan fingerprint density at radius 1 is 1.30 bits per heavy atom. The highest BCUT2D eigenvalue weighted by Gasteiger charge is 2.19. The second kappa shape index (κ2) is 7.28. The molecule has 1 N–H and O–H groups in total. The highest BCUT2D eigenvalue weighted by molar-refractivity contribution is 7.13. The minimum atomic E-state index is -0.201. The normalized spacial score (nSPS) is 12.2. The van der Waals surface area contributed by atoms with Gasteiger partial charge in [-0.2, -0.15) is 5.10 Å². The number of thiophene rings is 1. The molecular formula is C20H19N5OS. The summed E-state index contributed by atoms with van der Waals surface area (Å²) in [6.07, 6.45) is 3.44. The number of carbonyl (C=O) groups is 1. The van der Waals surface area contributed by atoms with E-state index in [1.165, 1.54) is 0 Å². The van der Waals surface area contributed by atoms with Crippen LogP contribution in [0.1, 0.15) is 35.9 Å². The van der Waals surface area contributed by atoms with Crippen LogP contribution in [0.3, 0.4) is 0 Å². The van der Waals surface area contributed by atoms with Crippen molar-refractivity contribution >= 4 is 28.3 Å². The zero-order valence-corrected chi connectivity index (χ0v) is 15.9. The lowest BCUT2D eigenvalue weighted by Crippen LogP contribution is -2.27. The van der Waals surface area contributed by atoms with E-state index in [0.717, 1.165) is 27.3 Å². The lowest BCUT2D eigenvalue weighted by Gasteiger charge is -2.14. The van der Waals surface area contributed by atoms with Crippen molar-refractivity contribution in [3.8, 4) is 10.6 Å². The number of pyridine rings is 2. The third-order valence-corrected chi connectivity index (χ3v) is 5.30. The second-order valence-corrected chi connectivity index (χ2v) is 7.13. The van der Waals surface area contributed by atoms with Crippen molar-refractivity contribution in [2.24, 2.45) is 0 Å². The van der Waals surface area contributed by atoms with Crippen molar-refractivity contribution in [1.82, 2.24) is 25.1 Å². The number of aryl methyl sites for hydroxylation is 1. The molecular weight excluding hydrogens is 358 g/mol. The predicted octanol–water partition coefficient (Wildman–Crippen LogP) is 4.07. The fourth-order valence-electron chi connectivity index (χ4n) is 3.00. The number of fused-ring (bicyclic) bond motifs is 1. The molecule has 27 heavy (non-hydrogen) atoms. The van der Waals surface area contributed by atoms with Crippen LogP contribution < -0.4 is 5.32 Å². The molecule has 1 atom stereocenters. The molecule has 4 aromatic rings. The largest absolute Gasteiger partial charge is 0.344 e. The van der Waals surface area contributed by atoms with Gasteiger partial charge in [0.25, 0.3) is 5.91 Å². The monoisotopic (exact) mass is 377 g/mol. The van der Waals surface area contributed by atoms with Gasteiger partial charge in [0, 0.05) is 12.7 Å². The molecule has 0 bridgehead atoms. The highest BCUT2D eigenvalue weighted by Crippen LogP contribution is 2.28. The van der Waals surface area contributed by atoms with Crippen molar-refractivity contribution in [1.29, 1.82) is 0 Å². The molecule has 7 heteroatoms. The summed E-state index contributed by atoms with van der Waals surface area (Å²) in [5.41, 5.74) is 2.90. The van der Waals surface area contributed by atoms with Gasteiger partial charge >= 0.3 is 0 Å². The van der Waals surface area contributed by atoms with Gasteiger partial charge < -0.3 is 5.32 Å². The minimum Gasteiger partial charge on any atom is -0.344 e. The SMILES string of the molecule is CCn1ncc2c(C(=O)N[C@@H](C)c3ccccn3)cc(-c3cccs3)nc21. The fourth-order valence-corrected chi connectivity index (χ4v) is 3.68. The van der Waals surface area contributed by atoms with Crippen LogP contribution in [-0.4, -0.2) is 25.7 Å². The number of aromatic nitrogens is 4. The van der Waals surface area contributed by atoms with Crippen LogP contribution in [0.4, 0.5) is 0 Å². The molecule has 0 aromatic carbocycles. The molecule has 4 aromatic heterocycles. The van der Waals surface area contributed by atoms with Crippen molar-refractivity contribution in [2.45, 2.75) is 26.4 Å². The van der Waals surface area contributed by atoms with Crippen LogP contribution in [0.5, 0.6) is 0 Å². The average molecular weight is 377 g/mol. The Hall–Kier alpha value is -3.06. The number of carbonyl (C=O) groups excluding carboxylic acids is 1. The van der Waals surface area contributed by atoms with Gasteiger partial charge in [0.2, 0.25) is 0 Å². The summed E-state index contributed by atoms with van der Waals surface area (Å²) >= 11 is 1.60. The third-order valence-electron chi connectivity index (χ3n) is 4.41. The first-order valence-corrected chi connectivity index (χ1v) is 9.67. The van der Waals surface area contributed by atoms with Gasteiger partial charge in [-0.1, -0.05) is 12.1 Å². The fraction of sp³-hybridized carbons (Fsp3) is 0.200. The van der Waals surface area contributed by atoms with Crippen molar-refractivity contribution < 1.29 is 4.79 Å². The quantitative estimate of drug-likeness (QED) is 0.569. The van der Waals surface area contributed by atoms with Gasteiger partial charge in [-0.3, -0.25) is 9.78 Å². The molecule has 0 radical (unpaired) electrons.